The highest BCUT2D eigenvalue weighted by molar-refractivity contribution is 5.73. The van der Waals surface area contributed by atoms with Crippen molar-refractivity contribution in [1.82, 2.24) is 15.3 Å². The number of carbonyl (C=O) groups is 1. The van der Waals surface area contributed by atoms with Crippen molar-refractivity contribution in [3.63, 3.8) is 0 Å². The van der Waals surface area contributed by atoms with Crippen LogP contribution in [0.25, 0.3) is 0 Å². The predicted molar refractivity (Wildman–Crippen MR) is 78.5 cm³/mol. The maximum absolute atomic E-state index is 11.1. The minimum Gasteiger partial charge on any atom is -0.480 e. The van der Waals surface area contributed by atoms with Crippen LogP contribution in [0.1, 0.15) is 39.2 Å². The van der Waals surface area contributed by atoms with Crippen molar-refractivity contribution >= 4 is 11.9 Å². The summed E-state index contributed by atoms with van der Waals surface area (Å²) in [7, 11) is 0. The Kier molecular flexibility index (Phi) is 6.93. The summed E-state index contributed by atoms with van der Waals surface area (Å²) in [5.74, 6) is 0.119. The standard InChI is InChI=1S/C14H24N4O2/c1-4-5-15-14-17-8-11(9-18-14)7-16-12(13(19)20)6-10(2)3/h8-10,12,16H,4-7H2,1-3H3,(H,19,20)(H,15,17,18)/t12-/m1/s1. The summed E-state index contributed by atoms with van der Waals surface area (Å²) < 4.78 is 0. The number of carboxylic acid groups (broad SMARTS) is 1. The number of hydrogen-bond donors (Lipinski definition) is 3. The molecule has 0 aliphatic rings. The van der Waals surface area contributed by atoms with Gasteiger partial charge in [-0.25, -0.2) is 9.97 Å². The average Bonchev–Trinajstić information content (AvgIpc) is 2.41. The van der Waals surface area contributed by atoms with Crippen molar-refractivity contribution in [3.8, 4) is 0 Å². The molecule has 1 aromatic rings. The van der Waals surface area contributed by atoms with Crippen molar-refractivity contribution in [3.05, 3.63) is 18.0 Å². The van der Waals surface area contributed by atoms with Crippen molar-refractivity contribution in [1.29, 1.82) is 0 Å². The van der Waals surface area contributed by atoms with Gasteiger partial charge in [0.25, 0.3) is 0 Å². The van der Waals surface area contributed by atoms with Gasteiger partial charge in [-0.05, 0) is 18.8 Å². The Labute approximate surface area is 120 Å². The molecule has 0 fully saturated rings. The van der Waals surface area contributed by atoms with Gasteiger partial charge in [-0.1, -0.05) is 20.8 Å². The molecule has 1 aromatic heterocycles. The van der Waals surface area contributed by atoms with Crippen LogP contribution in [0.3, 0.4) is 0 Å². The molecule has 0 radical (unpaired) electrons. The molecule has 3 N–H and O–H groups in total. The maximum atomic E-state index is 11.1. The summed E-state index contributed by atoms with van der Waals surface area (Å²) >= 11 is 0. The number of nitrogens with zero attached hydrogens (tertiary/aromatic N) is 2. The fourth-order valence-corrected chi connectivity index (χ4v) is 1.76. The van der Waals surface area contributed by atoms with E-state index in [9.17, 15) is 4.79 Å². The highest BCUT2D eigenvalue weighted by Crippen LogP contribution is 2.07. The molecule has 0 aliphatic heterocycles. The van der Waals surface area contributed by atoms with E-state index in [1.54, 1.807) is 12.4 Å². The van der Waals surface area contributed by atoms with Crippen LogP contribution in [-0.2, 0) is 11.3 Å². The third kappa shape index (κ3) is 5.97. The van der Waals surface area contributed by atoms with E-state index in [0.717, 1.165) is 18.5 Å². The van der Waals surface area contributed by atoms with Crippen LogP contribution in [0.15, 0.2) is 12.4 Å². The van der Waals surface area contributed by atoms with E-state index in [1.807, 2.05) is 13.8 Å². The third-order valence-electron chi connectivity index (χ3n) is 2.80. The van der Waals surface area contributed by atoms with Crippen LogP contribution in [-0.4, -0.2) is 33.6 Å². The molecule has 6 nitrogen and oxygen atoms in total. The second-order valence-corrected chi connectivity index (χ2v) is 5.24. The van der Waals surface area contributed by atoms with Crippen molar-refractivity contribution in [2.24, 2.45) is 5.92 Å². The number of hydrogen-bond acceptors (Lipinski definition) is 5. The molecule has 0 aromatic carbocycles. The average molecular weight is 280 g/mol. The maximum Gasteiger partial charge on any atom is 0.320 e. The van der Waals surface area contributed by atoms with Gasteiger partial charge in [-0.3, -0.25) is 4.79 Å². The van der Waals surface area contributed by atoms with E-state index in [2.05, 4.69) is 27.5 Å². The molecule has 20 heavy (non-hydrogen) atoms. The molecule has 6 heteroatoms. The molecule has 0 bridgehead atoms. The molecule has 0 saturated heterocycles. The highest BCUT2D eigenvalue weighted by Gasteiger charge is 2.17. The number of aliphatic carboxylic acids is 1. The topological polar surface area (TPSA) is 87.1 Å². The lowest BCUT2D eigenvalue weighted by Crippen LogP contribution is -2.37. The summed E-state index contributed by atoms with van der Waals surface area (Å²) in [6, 6.07) is -0.534. The van der Waals surface area contributed by atoms with E-state index in [1.165, 1.54) is 0 Å². The van der Waals surface area contributed by atoms with Crippen LogP contribution >= 0.6 is 0 Å². The van der Waals surface area contributed by atoms with Crippen molar-refractivity contribution < 1.29 is 9.90 Å². The van der Waals surface area contributed by atoms with E-state index in [4.69, 9.17) is 5.11 Å². The molecule has 0 aliphatic carbocycles. The Balaban J connectivity index is 2.49. The smallest absolute Gasteiger partial charge is 0.320 e. The van der Waals surface area contributed by atoms with Gasteiger partial charge < -0.3 is 15.7 Å². The lowest BCUT2D eigenvalue weighted by atomic mass is 10.0. The molecule has 0 unspecified atom stereocenters. The lowest BCUT2D eigenvalue weighted by molar-refractivity contribution is -0.140. The highest BCUT2D eigenvalue weighted by atomic mass is 16.4. The van der Waals surface area contributed by atoms with Gasteiger partial charge in [0.15, 0.2) is 0 Å². The summed E-state index contributed by atoms with van der Waals surface area (Å²) in [6.07, 6.45) is 5.05. The lowest BCUT2D eigenvalue weighted by Gasteiger charge is -2.16. The summed E-state index contributed by atoms with van der Waals surface area (Å²) in [5, 5.41) is 15.3. The minimum absolute atomic E-state index is 0.334. The third-order valence-corrected chi connectivity index (χ3v) is 2.80. The zero-order valence-corrected chi connectivity index (χ0v) is 12.4. The first-order valence-corrected chi connectivity index (χ1v) is 7.04. The minimum atomic E-state index is -0.819. The number of aromatic nitrogens is 2. The molecular formula is C14H24N4O2. The Hall–Kier alpha value is -1.69. The normalized spacial score (nSPS) is 12.4. The molecule has 0 spiro atoms. The van der Waals surface area contributed by atoms with Crippen LogP contribution in [0.5, 0.6) is 0 Å². The van der Waals surface area contributed by atoms with Gasteiger partial charge in [-0.2, -0.15) is 0 Å². The van der Waals surface area contributed by atoms with Gasteiger partial charge in [0.2, 0.25) is 5.95 Å². The quantitative estimate of drug-likeness (QED) is 0.640. The van der Waals surface area contributed by atoms with E-state index in [-0.39, 0.29) is 0 Å². The van der Waals surface area contributed by atoms with Crippen LogP contribution in [0.2, 0.25) is 0 Å². The van der Waals surface area contributed by atoms with E-state index in [0.29, 0.717) is 24.8 Å². The first-order chi connectivity index (χ1) is 9.52. The first kappa shape index (κ1) is 16.4. The van der Waals surface area contributed by atoms with Gasteiger partial charge in [0, 0.05) is 31.0 Å². The SMILES string of the molecule is CCCNc1ncc(CN[C@H](CC(C)C)C(=O)O)cn1. The largest absolute Gasteiger partial charge is 0.480 e. The van der Waals surface area contributed by atoms with Crippen LogP contribution in [0, 0.1) is 5.92 Å². The van der Waals surface area contributed by atoms with Crippen molar-refractivity contribution in [2.45, 2.75) is 46.2 Å². The number of rotatable bonds is 9. The van der Waals surface area contributed by atoms with Crippen LogP contribution in [0.4, 0.5) is 5.95 Å². The second-order valence-electron chi connectivity index (χ2n) is 5.24. The fourth-order valence-electron chi connectivity index (χ4n) is 1.76. The Bertz CT molecular complexity index is 406. The first-order valence-electron chi connectivity index (χ1n) is 7.04. The molecule has 1 atom stereocenters. The van der Waals surface area contributed by atoms with Gasteiger partial charge in [-0.15, -0.1) is 0 Å². The molecule has 1 heterocycles. The number of anilines is 1. The molecular weight excluding hydrogens is 256 g/mol. The van der Waals surface area contributed by atoms with Crippen LogP contribution < -0.4 is 10.6 Å². The fraction of sp³-hybridized carbons (Fsp3) is 0.643. The zero-order chi connectivity index (χ0) is 15.0. The molecule has 1 rings (SSSR count). The van der Waals surface area contributed by atoms with Gasteiger partial charge in [0.1, 0.15) is 6.04 Å². The van der Waals surface area contributed by atoms with E-state index < -0.39 is 12.0 Å². The predicted octanol–water partition coefficient (Wildman–Crippen LogP) is 1.89. The summed E-state index contributed by atoms with van der Waals surface area (Å²) in [6.45, 7) is 7.39. The number of nitrogens with one attached hydrogen (secondary N) is 2. The van der Waals surface area contributed by atoms with Gasteiger partial charge in [0.05, 0.1) is 0 Å². The zero-order valence-electron chi connectivity index (χ0n) is 12.4. The van der Waals surface area contributed by atoms with Gasteiger partial charge >= 0.3 is 5.97 Å². The van der Waals surface area contributed by atoms with Crippen molar-refractivity contribution in [2.75, 3.05) is 11.9 Å². The monoisotopic (exact) mass is 280 g/mol. The molecule has 0 saturated carbocycles. The summed E-state index contributed by atoms with van der Waals surface area (Å²) in [4.78, 5) is 19.5. The second kappa shape index (κ2) is 8.47. The molecule has 0 amide bonds. The Morgan fingerprint density at radius 1 is 1.35 bits per heavy atom. The molecule has 112 valence electrons. The number of carboxylic acids is 1. The Morgan fingerprint density at radius 2 is 2.00 bits per heavy atom. The van der Waals surface area contributed by atoms with E-state index >= 15 is 0 Å². The summed E-state index contributed by atoms with van der Waals surface area (Å²) in [5.41, 5.74) is 0.877. The Morgan fingerprint density at radius 3 is 2.50 bits per heavy atom.